The fourth-order valence-electron chi connectivity index (χ4n) is 6.61. The summed E-state index contributed by atoms with van der Waals surface area (Å²) in [5, 5.41) is 0. The Hall–Kier alpha value is -0.590. The second-order valence-electron chi connectivity index (χ2n) is 9.03. The van der Waals surface area contributed by atoms with Crippen molar-refractivity contribution in [2.75, 3.05) is 0 Å². The van der Waals surface area contributed by atoms with Gasteiger partial charge in [-0.05, 0) is 74.0 Å². The summed E-state index contributed by atoms with van der Waals surface area (Å²) in [6.07, 6.45) is 12.5. The second kappa shape index (κ2) is 4.46. The van der Waals surface area contributed by atoms with Crippen LogP contribution in [0.5, 0.6) is 0 Å². The maximum absolute atomic E-state index is 12.4. The zero-order valence-electron chi connectivity index (χ0n) is 14.0. The summed E-state index contributed by atoms with van der Waals surface area (Å²) < 4.78 is 0. The molecule has 6 atom stereocenters. The monoisotopic (exact) mass is 286 g/mol. The molecule has 0 saturated heterocycles. The molecule has 0 amide bonds. The third-order valence-electron chi connectivity index (χ3n) is 8.06. The first-order valence-corrected chi connectivity index (χ1v) is 9.18. The highest BCUT2D eigenvalue weighted by Crippen LogP contribution is 2.64. The van der Waals surface area contributed by atoms with Crippen molar-refractivity contribution in [3.05, 3.63) is 11.6 Å². The highest BCUT2D eigenvalue weighted by atomic mass is 16.1. The number of carbonyl (C=O) groups is 1. The molecule has 4 rings (SSSR count). The Morgan fingerprint density at radius 1 is 1.05 bits per heavy atom. The Balaban J connectivity index is 1.69. The fourth-order valence-corrected chi connectivity index (χ4v) is 6.61. The van der Waals surface area contributed by atoms with E-state index in [2.05, 4.69) is 26.8 Å². The Bertz CT molecular complexity index is 504. The van der Waals surface area contributed by atoms with Crippen LogP contribution in [0.3, 0.4) is 0 Å². The molecule has 1 heteroatoms. The number of Topliss-reactive ketones (excluding diaryl/α,β-unsaturated/α-hetero) is 1. The topological polar surface area (TPSA) is 17.1 Å². The minimum atomic E-state index is 0.0326. The van der Waals surface area contributed by atoms with E-state index in [9.17, 15) is 4.79 Å². The molecule has 4 aliphatic carbocycles. The first kappa shape index (κ1) is 14.0. The van der Waals surface area contributed by atoms with Crippen molar-refractivity contribution in [3.63, 3.8) is 0 Å². The summed E-state index contributed by atoms with van der Waals surface area (Å²) in [5.74, 6) is 3.77. The molecule has 3 saturated carbocycles. The predicted molar refractivity (Wildman–Crippen MR) is 85.9 cm³/mol. The fraction of sp³-hybridized carbons (Fsp3) is 0.850. The smallest absolute Gasteiger partial charge is 0.139 e. The van der Waals surface area contributed by atoms with Gasteiger partial charge >= 0.3 is 0 Å². The van der Waals surface area contributed by atoms with Crippen molar-refractivity contribution in [1.29, 1.82) is 0 Å². The van der Waals surface area contributed by atoms with Crippen LogP contribution in [-0.2, 0) is 4.79 Å². The molecule has 0 radical (unpaired) electrons. The first-order valence-electron chi connectivity index (χ1n) is 9.18. The van der Waals surface area contributed by atoms with E-state index < -0.39 is 0 Å². The summed E-state index contributed by atoms with van der Waals surface area (Å²) >= 11 is 0. The second-order valence-corrected chi connectivity index (χ2v) is 9.03. The van der Waals surface area contributed by atoms with E-state index >= 15 is 0 Å². The van der Waals surface area contributed by atoms with Gasteiger partial charge in [0.25, 0.3) is 0 Å². The SMILES string of the molecule is CC1CCC2(C)C(=CCC3C4CCC(=O)C4(C)CCC32)C1. The number of rotatable bonds is 0. The van der Waals surface area contributed by atoms with Crippen LogP contribution in [0.1, 0.15) is 72.1 Å². The van der Waals surface area contributed by atoms with E-state index in [4.69, 9.17) is 0 Å². The van der Waals surface area contributed by atoms with Crippen molar-refractivity contribution in [3.8, 4) is 0 Å². The number of ketones is 1. The quantitative estimate of drug-likeness (QED) is 0.562. The van der Waals surface area contributed by atoms with Gasteiger partial charge in [-0.25, -0.2) is 0 Å². The van der Waals surface area contributed by atoms with Crippen molar-refractivity contribution in [2.45, 2.75) is 72.1 Å². The number of fused-ring (bicyclic) bond motifs is 5. The van der Waals surface area contributed by atoms with E-state index in [1.54, 1.807) is 5.57 Å². The maximum Gasteiger partial charge on any atom is 0.139 e. The van der Waals surface area contributed by atoms with Gasteiger partial charge in [-0.3, -0.25) is 4.79 Å². The molecule has 0 N–H and O–H groups in total. The molecular formula is C20H30O. The molecule has 0 aromatic rings. The Labute approximate surface area is 129 Å². The Morgan fingerprint density at radius 2 is 1.76 bits per heavy atom. The first-order chi connectivity index (χ1) is 9.95. The summed E-state index contributed by atoms with van der Waals surface area (Å²) in [6, 6.07) is 0. The molecule has 0 aromatic carbocycles. The van der Waals surface area contributed by atoms with Crippen LogP contribution in [0.2, 0.25) is 0 Å². The van der Waals surface area contributed by atoms with Crippen LogP contribution in [-0.4, -0.2) is 5.78 Å². The lowest BCUT2D eigenvalue weighted by Gasteiger charge is -2.57. The average molecular weight is 286 g/mol. The molecule has 4 aliphatic rings. The zero-order valence-corrected chi connectivity index (χ0v) is 14.0. The summed E-state index contributed by atoms with van der Waals surface area (Å²) in [6.45, 7) is 7.26. The van der Waals surface area contributed by atoms with Gasteiger partial charge in [0, 0.05) is 11.8 Å². The molecule has 0 aliphatic heterocycles. The number of carbonyl (C=O) groups excluding carboxylic acids is 1. The third-order valence-corrected chi connectivity index (χ3v) is 8.06. The lowest BCUT2D eigenvalue weighted by molar-refractivity contribution is -0.131. The van der Waals surface area contributed by atoms with E-state index in [1.165, 1.54) is 38.5 Å². The maximum atomic E-state index is 12.4. The molecule has 116 valence electrons. The normalized spacial score (nSPS) is 52.7. The van der Waals surface area contributed by atoms with Gasteiger partial charge < -0.3 is 0 Å². The molecule has 0 heterocycles. The number of hydrogen-bond donors (Lipinski definition) is 0. The largest absolute Gasteiger partial charge is 0.299 e. The highest BCUT2D eigenvalue weighted by Gasteiger charge is 2.58. The van der Waals surface area contributed by atoms with Crippen LogP contribution >= 0.6 is 0 Å². The van der Waals surface area contributed by atoms with Gasteiger partial charge in [0.15, 0.2) is 0 Å². The molecule has 21 heavy (non-hydrogen) atoms. The van der Waals surface area contributed by atoms with Crippen molar-refractivity contribution >= 4 is 5.78 Å². The van der Waals surface area contributed by atoms with E-state index in [0.717, 1.165) is 30.6 Å². The summed E-state index contributed by atoms with van der Waals surface area (Å²) in [7, 11) is 0. The highest BCUT2D eigenvalue weighted by molar-refractivity contribution is 5.87. The van der Waals surface area contributed by atoms with Crippen molar-refractivity contribution < 1.29 is 4.79 Å². The minimum Gasteiger partial charge on any atom is -0.299 e. The van der Waals surface area contributed by atoms with Crippen LogP contribution < -0.4 is 0 Å². The van der Waals surface area contributed by atoms with Gasteiger partial charge in [0.2, 0.25) is 0 Å². The number of hydrogen-bond acceptors (Lipinski definition) is 1. The lowest BCUT2D eigenvalue weighted by Crippen LogP contribution is -2.50. The Kier molecular flexibility index (Phi) is 2.98. The van der Waals surface area contributed by atoms with E-state index in [-0.39, 0.29) is 5.41 Å². The number of allylic oxidation sites excluding steroid dienone is 2. The molecule has 0 aromatic heterocycles. The Morgan fingerprint density at radius 3 is 2.57 bits per heavy atom. The van der Waals surface area contributed by atoms with E-state index in [1.807, 2.05) is 0 Å². The molecule has 0 bridgehead atoms. The van der Waals surface area contributed by atoms with Crippen LogP contribution in [0.4, 0.5) is 0 Å². The van der Waals surface area contributed by atoms with Crippen LogP contribution in [0.15, 0.2) is 11.6 Å². The molecule has 0 spiro atoms. The van der Waals surface area contributed by atoms with Crippen LogP contribution in [0, 0.1) is 34.5 Å². The van der Waals surface area contributed by atoms with Gasteiger partial charge in [-0.2, -0.15) is 0 Å². The van der Waals surface area contributed by atoms with Crippen molar-refractivity contribution in [1.82, 2.24) is 0 Å². The molecule has 3 fully saturated rings. The predicted octanol–water partition coefficient (Wildman–Crippen LogP) is 5.15. The lowest BCUT2D eigenvalue weighted by atomic mass is 9.47. The summed E-state index contributed by atoms with van der Waals surface area (Å²) in [4.78, 5) is 12.4. The van der Waals surface area contributed by atoms with Gasteiger partial charge in [-0.1, -0.05) is 32.4 Å². The summed E-state index contributed by atoms with van der Waals surface area (Å²) in [5.41, 5.74) is 2.27. The zero-order chi connectivity index (χ0) is 14.8. The standard InChI is InChI=1S/C20H30O/c1-13-8-10-19(2)14(12-13)4-5-15-16-6-7-18(21)20(16,3)11-9-17(15)19/h4,13,15-17H,5-12H2,1-3H3. The molecule has 1 nitrogen and oxygen atoms in total. The van der Waals surface area contributed by atoms with Gasteiger partial charge in [-0.15, -0.1) is 0 Å². The molecular weight excluding hydrogens is 256 g/mol. The van der Waals surface area contributed by atoms with Gasteiger partial charge in [0.05, 0.1) is 0 Å². The average Bonchev–Trinajstić information content (AvgIpc) is 2.76. The van der Waals surface area contributed by atoms with Crippen molar-refractivity contribution in [2.24, 2.45) is 34.5 Å². The molecule has 6 unspecified atom stereocenters. The van der Waals surface area contributed by atoms with E-state index in [0.29, 0.717) is 17.1 Å². The third kappa shape index (κ3) is 1.79. The minimum absolute atomic E-state index is 0.0326. The van der Waals surface area contributed by atoms with Gasteiger partial charge in [0.1, 0.15) is 5.78 Å². The van der Waals surface area contributed by atoms with Crippen LogP contribution in [0.25, 0.3) is 0 Å².